The number of nitriles is 1. The van der Waals surface area contributed by atoms with Crippen molar-refractivity contribution in [3.63, 3.8) is 0 Å². The van der Waals surface area contributed by atoms with Crippen LogP contribution in [0.2, 0.25) is 0 Å². The third-order valence-corrected chi connectivity index (χ3v) is 5.86. The van der Waals surface area contributed by atoms with Crippen LogP contribution in [0.15, 0.2) is 63.4 Å². The first-order valence-electron chi connectivity index (χ1n) is 10.6. The highest BCUT2D eigenvalue weighted by atomic mass is 16.5. The summed E-state index contributed by atoms with van der Waals surface area (Å²) in [5, 5.41) is 9.61. The molecule has 1 aliphatic heterocycles. The molecule has 0 atom stereocenters. The normalized spacial score (nSPS) is 13.0. The SMILES string of the molecule is Cc1ccc(OCc2ccc(-c3nc(C#N)c(N4CCc5ccccc5C4)o3)o2)cc1C. The van der Waals surface area contributed by atoms with Crippen molar-refractivity contribution >= 4 is 5.88 Å². The van der Waals surface area contributed by atoms with E-state index in [4.69, 9.17) is 13.6 Å². The van der Waals surface area contributed by atoms with E-state index in [2.05, 4.69) is 48.0 Å². The second-order valence-electron chi connectivity index (χ2n) is 8.03. The number of aromatic nitrogens is 1. The molecule has 0 spiro atoms. The van der Waals surface area contributed by atoms with Crippen LogP contribution in [-0.4, -0.2) is 11.5 Å². The van der Waals surface area contributed by atoms with Crippen molar-refractivity contribution in [3.8, 4) is 23.5 Å². The Morgan fingerprint density at radius 1 is 1.03 bits per heavy atom. The molecule has 0 aliphatic carbocycles. The molecule has 0 N–H and O–H groups in total. The van der Waals surface area contributed by atoms with E-state index in [1.54, 1.807) is 6.07 Å². The summed E-state index contributed by atoms with van der Waals surface area (Å²) < 4.78 is 17.8. The molecule has 0 radical (unpaired) electrons. The number of hydrogen-bond acceptors (Lipinski definition) is 6. The Morgan fingerprint density at radius 3 is 2.69 bits per heavy atom. The number of fused-ring (bicyclic) bond motifs is 1. The van der Waals surface area contributed by atoms with Gasteiger partial charge in [-0.15, -0.1) is 0 Å². The molecule has 0 saturated carbocycles. The van der Waals surface area contributed by atoms with Gasteiger partial charge >= 0.3 is 0 Å². The van der Waals surface area contributed by atoms with Gasteiger partial charge in [0.2, 0.25) is 11.6 Å². The minimum absolute atomic E-state index is 0.267. The first-order valence-corrected chi connectivity index (χ1v) is 10.6. The first-order chi connectivity index (χ1) is 15.6. The standard InChI is InChI=1S/C26H23N3O3/c1-17-7-8-21(13-18(17)2)30-16-22-9-10-24(31-22)25-28-23(14-27)26(32-25)29-12-11-19-5-3-4-6-20(19)15-29/h3-10,13H,11-12,15-16H2,1-2H3. The highest BCUT2D eigenvalue weighted by Crippen LogP contribution is 2.32. The van der Waals surface area contributed by atoms with Gasteiger partial charge in [0.25, 0.3) is 5.89 Å². The van der Waals surface area contributed by atoms with Crippen LogP contribution in [0.5, 0.6) is 5.75 Å². The Labute approximate surface area is 186 Å². The fourth-order valence-corrected chi connectivity index (χ4v) is 3.90. The molecule has 5 rings (SSSR count). The van der Waals surface area contributed by atoms with Crippen molar-refractivity contribution < 1.29 is 13.6 Å². The van der Waals surface area contributed by atoms with Crippen LogP contribution in [0.1, 0.15) is 33.7 Å². The number of benzene rings is 2. The summed E-state index contributed by atoms with van der Waals surface area (Å²) in [6.07, 6.45) is 0.901. The van der Waals surface area contributed by atoms with Crippen LogP contribution in [0.3, 0.4) is 0 Å². The maximum atomic E-state index is 9.61. The topological polar surface area (TPSA) is 75.4 Å². The summed E-state index contributed by atoms with van der Waals surface area (Å²) in [5.41, 5.74) is 5.25. The lowest BCUT2D eigenvalue weighted by Crippen LogP contribution is -2.30. The Balaban J connectivity index is 1.33. The molecule has 0 saturated heterocycles. The molecule has 3 heterocycles. The average molecular weight is 425 g/mol. The molecule has 0 bridgehead atoms. The van der Waals surface area contributed by atoms with Crippen LogP contribution >= 0.6 is 0 Å². The lowest BCUT2D eigenvalue weighted by atomic mass is 10.00. The fraction of sp³-hybridized carbons (Fsp3) is 0.231. The molecule has 0 unspecified atom stereocenters. The molecule has 6 heteroatoms. The molecule has 0 fully saturated rings. The largest absolute Gasteiger partial charge is 0.486 e. The number of oxazole rings is 1. The van der Waals surface area contributed by atoms with Gasteiger partial charge in [-0.2, -0.15) is 10.2 Å². The summed E-state index contributed by atoms with van der Waals surface area (Å²) >= 11 is 0. The van der Waals surface area contributed by atoms with Crippen LogP contribution < -0.4 is 9.64 Å². The molecule has 2 aromatic heterocycles. The molecular formula is C26H23N3O3. The number of aryl methyl sites for hydroxylation is 2. The van der Waals surface area contributed by atoms with E-state index >= 15 is 0 Å². The lowest BCUT2D eigenvalue weighted by molar-refractivity contribution is 0.271. The molecular weight excluding hydrogens is 402 g/mol. The van der Waals surface area contributed by atoms with E-state index in [0.29, 0.717) is 36.4 Å². The predicted octanol–water partition coefficient (Wildman–Crippen LogP) is 5.56. The van der Waals surface area contributed by atoms with E-state index in [1.165, 1.54) is 22.3 Å². The van der Waals surface area contributed by atoms with E-state index < -0.39 is 0 Å². The van der Waals surface area contributed by atoms with Gasteiger partial charge in [0.15, 0.2) is 5.76 Å². The van der Waals surface area contributed by atoms with E-state index in [9.17, 15) is 5.26 Å². The summed E-state index contributed by atoms with van der Waals surface area (Å²) in [7, 11) is 0. The summed E-state index contributed by atoms with van der Waals surface area (Å²) in [5.74, 6) is 2.71. The van der Waals surface area contributed by atoms with Crippen molar-refractivity contribution in [2.24, 2.45) is 0 Å². The Morgan fingerprint density at radius 2 is 1.88 bits per heavy atom. The number of nitrogens with zero attached hydrogens (tertiary/aromatic N) is 3. The third-order valence-electron chi connectivity index (χ3n) is 5.86. The molecule has 32 heavy (non-hydrogen) atoms. The van der Waals surface area contributed by atoms with Crippen LogP contribution in [0.4, 0.5) is 5.88 Å². The number of hydrogen-bond donors (Lipinski definition) is 0. The van der Waals surface area contributed by atoms with E-state index in [0.717, 1.165) is 18.7 Å². The van der Waals surface area contributed by atoms with Crippen molar-refractivity contribution in [3.05, 3.63) is 88.3 Å². The quantitative estimate of drug-likeness (QED) is 0.416. The predicted molar refractivity (Wildman–Crippen MR) is 120 cm³/mol. The molecule has 6 nitrogen and oxygen atoms in total. The second-order valence-corrected chi connectivity index (χ2v) is 8.03. The number of anilines is 1. The zero-order valence-electron chi connectivity index (χ0n) is 18.1. The van der Waals surface area contributed by atoms with Gasteiger partial charge in [0.05, 0.1) is 0 Å². The fourth-order valence-electron chi connectivity index (χ4n) is 3.90. The number of rotatable bonds is 5. The maximum absolute atomic E-state index is 9.61. The summed E-state index contributed by atoms with van der Waals surface area (Å²) in [4.78, 5) is 6.44. The lowest BCUT2D eigenvalue weighted by Gasteiger charge is -2.28. The highest BCUT2D eigenvalue weighted by Gasteiger charge is 2.25. The Kier molecular flexibility index (Phi) is 5.16. The maximum Gasteiger partial charge on any atom is 0.266 e. The van der Waals surface area contributed by atoms with Crippen molar-refractivity contribution in [2.75, 3.05) is 11.4 Å². The van der Waals surface area contributed by atoms with Gasteiger partial charge in [0, 0.05) is 13.1 Å². The van der Waals surface area contributed by atoms with Gasteiger partial charge in [-0.25, -0.2) is 0 Å². The van der Waals surface area contributed by atoms with E-state index in [-0.39, 0.29) is 5.69 Å². The number of furan rings is 1. The second kappa shape index (κ2) is 8.27. The minimum atomic E-state index is 0.267. The van der Waals surface area contributed by atoms with E-state index in [1.807, 2.05) is 30.3 Å². The smallest absolute Gasteiger partial charge is 0.266 e. The van der Waals surface area contributed by atoms with Gasteiger partial charge in [-0.3, -0.25) is 0 Å². The Hall–Kier alpha value is -3.98. The molecule has 1 aliphatic rings. The van der Waals surface area contributed by atoms with Crippen LogP contribution in [-0.2, 0) is 19.6 Å². The monoisotopic (exact) mass is 425 g/mol. The Bertz CT molecular complexity index is 1310. The minimum Gasteiger partial charge on any atom is -0.486 e. The molecule has 160 valence electrons. The van der Waals surface area contributed by atoms with Gasteiger partial charge in [0.1, 0.15) is 24.2 Å². The van der Waals surface area contributed by atoms with Crippen LogP contribution in [0, 0.1) is 25.2 Å². The zero-order valence-corrected chi connectivity index (χ0v) is 18.1. The van der Waals surface area contributed by atoms with Crippen molar-refractivity contribution in [1.29, 1.82) is 5.26 Å². The molecule has 4 aromatic rings. The van der Waals surface area contributed by atoms with Crippen LogP contribution in [0.25, 0.3) is 11.7 Å². The van der Waals surface area contributed by atoms with Gasteiger partial charge < -0.3 is 18.5 Å². The molecule has 2 aromatic carbocycles. The first kappa shape index (κ1) is 20.0. The van der Waals surface area contributed by atoms with Crippen molar-refractivity contribution in [2.45, 2.75) is 33.4 Å². The van der Waals surface area contributed by atoms with Gasteiger partial charge in [-0.05, 0) is 66.8 Å². The molecule has 0 amide bonds. The zero-order chi connectivity index (χ0) is 22.1. The summed E-state index contributed by atoms with van der Waals surface area (Å²) in [6, 6.07) is 20.1. The number of ether oxygens (including phenoxy) is 1. The van der Waals surface area contributed by atoms with Crippen molar-refractivity contribution in [1.82, 2.24) is 4.98 Å². The summed E-state index contributed by atoms with van der Waals surface area (Å²) in [6.45, 7) is 5.88. The third kappa shape index (κ3) is 3.85. The van der Waals surface area contributed by atoms with Gasteiger partial charge in [-0.1, -0.05) is 30.3 Å². The average Bonchev–Trinajstić information content (AvgIpc) is 3.46. The highest BCUT2D eigenvalue weighted by molar-refractivity contribution is 5.57.